The number of carbonyl (C=O) groups excluding carboxylic acids is 2. The van der Waals surface area contributed by atoms with Crippen LogP contribution in [-0.2, 0) is 19.1 Å². The van der Waals surface area contributed by atoms with Gasteiger partial charge in [-0.2, -0.15) is 0 Å². The van der Waals surface area contributed by atoms with Gasteiger partial charge >= 0.3 is 11.9 Å². The van der Waals surface area contributed by atoms with E-state index in [9.17, 15) is 9.59 Å². The zero-order valence-corrected chi connectivity index (χ0v) is 19.7. The monoisotopic (exact) mass is 478 g/mol. The van der Waals surface area contributed by atoms with E-state index in [0.29, 0.717) is 45.3 Å². The lowest BCUT2D eigenvalue weighted by molar-refractivity contribution is -0.131. The predicted molar refractivity (Wildman–Crippen MR) is 137 cm³/mol. The van der Waals surface area contributed by atoms with Gasteiger partial charge in [0.1, 0.15) is 23.0 Å². The lowest BCUT2D eigenvalue weighted by Crippen LogP contribution is -1.99. The van der Waals surface area contributed by atoms with Crippen LogP contribution in [0.15, 0.2) is 96.1 Å². The average Bonchev–Trinajstić information content (AvgIpc) is 3.47. The molecule has 5 rings (SSSR count). The van der Waals surface area contributed by atoms with E-state index in [-0.39, 0.29) is 0 Å². The zero-order valence-electron chi connectivity index (χ0n) is 19.7. The number of benzene rings is 3. The lowest BCUT2D eigenvalue weighted by atomic mass is 10.0. The van der Waals surface area contributed by atoms with Gasteiger partial charge in [-0.1, -0.05) is 60.7 Å². The first-order valence-electron chi connectivity index (χ1n) is 11.2. The molecule has 3 aromatic rings. The Hall–Kier alpha value is -4.84. The van der Waals surface area contributed by atoms with Gasteiger partial charge < -0.3 is 18.9 Å². The van der Waals surface area contributed by atoms with Crippen LogP contribution in [0.3, 0.4) is 0 Å². The Labute approximate surface area is 208 Å². The summed E-state index contributed by atoms with van der Waals surface area (Å²) in [4.78, 5) is 25.0. The van der Waals surface area contributed by atoms with Crippen LogP contribution >= 0.6 is 0 Å². The first-order chi connectivity index (χ1) is 17.6. The van der Waals surface area contributed by atoms with Crippen molar-refractivity contribution in [3.8, 4) is 11.5 Å². The summed E-state index contributed by atoms with van der Waals surface area (Å²) in [5.74, 6) is 1.08. The number of hydrogen-bond donors (Lipinski definition) is 0. The number of ether oxygens (including phenoxy) is 4. The van der Waals surface area contributed by atoms with Gasteiger partial charge in [0.15, 0.2) is 0 Å². The fourth-order valence-electron chi connectivity index (χ4n) is 3.97. The second-order valence-electron chi connectivity index (χ2n) is 8.06. The zero-order chi connectivity index (χ0) is 25.1. The van der Waals surface area contributed by atoms with Crippen LogP contribution in [0, 0.1) is 0 Å². The minimum atomic E-state index is -0.451. The third-order valence-corrected chi connectivity index (χ3v) is 5.77. The molecule has 3 aromatic carbocycles. The van der Waals surface area contributed by atoms with Crippen LogP contribution in [0.4, 0.5) is 0 Å². The average molecular weight is 479 g/mol. The van der Waals surface area contributed by atoms with E-state index in [0.717, 1.165) is 11.1 Å². The normalized spacial score (nSPS) is 17.1. The van der Waals surface area contributed by atoms with Gasteiger partial charge in [0.2, 0.25) is 0 Å². The summed E-state index contributed by atoms with van der Waals surface area (Å²) in [6.45, 7) is 0. The van der Waals surface area contributed by atoms with Crippen molar-refractivity contribution in [2.75, 3.05) is 14.2 Å². The molecular weight excluding hydrogens is 456 g/mol. The van der Waals surface area contributed by atoms with Crippen molar-refractivity contribution in [1.29, 1.82) is 0 Å². The van der Waals surface area contributed by atoms with E-state index in [2.05, 4.69) is 0 Å². The summed E-state index contributed by atoms with van der Waals surface area (Å²) in [6, 6.07) is 22.3. The summed E-state index contributed by atoms with van der Waals surface area (Å²) in [6.07, 6.45) is 6.77. The van der Waals surface area contributed by atoms with E-state index < -0.39 is 11.9 Å². The Morgan fingerprint density at radius 3 is 1.36 bits per heavy atom. The van der Waals surface area contributed by atoms with Gasteiger partial charge in [-0.25, -0.2) is 9.59 Å². The van der Waals surface area contributed by atoms with Gasteiger partial charge in [-0.05, 0) is 36.4 Å². The van der Waals surface area contributed by atoms with Crippen molar-refractivity contribution < 1.29 is 28.5 Å². The smallest absolute Gasteiger partial charge is 0.343 e. The molecule has 0 aliphatic carbocycles. The van der Waals surface area contributed by atoms with Crippen LogP contribution in [0.2, 0.25) is 0 Å². The summed E-state index contributed by atoms with van der Waals surface area (Å²) in [7, 11) is 3.08. The van der Waals surface area contributed by atoms with Crippen molar-refractivity contribution in [2.45, 2.75) is 0 Å². The van der Waals surface area contributed by atoms with E-state index in [1.165, 1.54) is 14.2 Å². The summed E-state index contributed by atoms with van der Waals surface area (Å²) in [5, 5.41) is 0. The number of carbonyl (C=O) groups is 2. The van der Waals surface area contributed by atoms with Crippen LogP contribution in [0.1, 0.15) is 22.3 Å². The molecule has 0 saturated carbocycles. The Bertz CT molecular complexity index is 1350. The molecule has 178 valence electrons. The third kappa shape index (κ3) is 4.57. The van der Waals surface area contributed by atoms with Gasteiger partial charge in [0.05, 0.1) is 25.4 Å². The summed E-state index contributed by atoms with van der Waals surface area (Å²) >= 11 is 0. The molecule has 2 heterocycles. The van der Waals surface area contributed by atoms with Gasteiger partial charge in [-0.15, -0.1) is 0 Å². The molecule has 6 heteroatoms. The number of rotatable bonds is 6. The number of esters is 2. The van der Waals surface area contributed by atoms with Crippen molar-refractivity contribution in [1.82, 2.24) is 0 Å². The molecule has 0 radical (unpaired) electrons. The van der Waals surface area contributed by atoms with Crippen molar-refractivity contribution in [3.63, 3.8) is 0 Å². The highest BCUT2D eigenvalue weighted by Crippen LogP contribution is 2.36. The van der Waals surface area contributed by atoms with Crippen molar-refractivity contribution >= 4 is 35.6 Å². The molecule has 0 N–H and O–H groups in total. The molecule has 0 bridgehead atoms. The Morgan fingerprint density at radius 2 is 1.00 bits per heavy atom. The van der Waals surface area contributed by atoms with Gasteiger partial charge in [-0.3, -0.25) is 0 Å². The van der Waals surface area contributed by atoms with E-state index >= 15 is 0 Å². The summed E-state index contributed by atoms with van der Waals surface area (Å²) < 4.78 is 22.1. The second kappa shape index (κ2) is 9.80. The van der Waals surface area contributed by atoms with Crippen LogP contribution in [0.5, 0.6) is 11.5 Å². The third-order valence-electron chi connectivity index (χ3n) is 5.77. The minimum absolute atomic E-state index is 0.384. The molecule has 0 aromatic heterocycles. The minimum Gasteiger partial charge on any atom is -0.496 e. The molecule has 36 heavy (non-hydrogen) atoms. The van der Waals surface area contributed by atoms with E-state index in [1.54, 1.807) is 36.4 Å². The maximum absolute atomic E-state index is 12.5. The molecule has 0 saturated heterocycles. The Morgan fingerprint density at radius 1 is 0.611 bits per heavy atom. The molecule has 2 aliphatic rings. The molecule has 0 amide bonds. The lowest BCUT2D eigenvalue weighted by Gasteiger charge is -2.11. The number of hydrogen-bond acceptors (Lipinski definition) is 6. The molecular formula is C30H22O6. The quantitative estimate of drug-likeness (QED) is 0.336. The Balaban J connectivity index is 1.51. The number of cyclic esters (lactones) is 2. The number of methoxy groups -OCH3 is 2. The largest absolute Gasteiger partial charge is 0.496 e. The Kier molecular flexibility index (Phi) is 6.24. The maximum atomic E-state index is 12.5. The van der Waals surface area contributed by atoms with Crippen molar-refractivity contribution in [2.24, 2.45) is 0 Å². The van der Waals surface area contributed by atoms with E-state index in [1.807, 2.05) is 60.7 Å². The van der Waals surface area contributed by atoms with Crippen LogP contribution < -0.4 is 9.47 Å². The fraction of sp³-hybridized carbons (Fsp3) is 0.0667. The topological polar surface area (TPSA) is 71.1 Å². The maximum Gasteiger partial charge on any atom is 0.343 e. The fourth-order valence-corrected chi connectivity index (χ4v) is 3.97. The molecule has 6 nitrogen and oxygen atoms in total. The highest BCUT2D eigenvalue weighted by atomic mass is 16.5. The summed E-state index contributed by atoms with van der Waals surface area (Å²) in [5.41, 5.74) is 3.65. The molecule has 0 unspecified atom stereocenters. The van der Waals surface area contributed by atoms with E-state index in [4.69, 9.17) is 18.9 Å². The molecule has 0 spiro atoms. The first-order valence-corrected chi connectivity index (χ1v) is 11.2. The molecule has 0 fully saturated rings. The second-order valence-corrected chi connectivity index (χ2v) is 8.06. The molecule has 2 aliphatic heterocycles. The van der Waals surface area contributed by atoms with Crippen LogP contribution in [0.25, 0.3) is 23.7 Å². The van der Waals surface area contributed by atoms with Gasteiger partial charge in [0, 0.05) is 22.3 Å². The standard InChI is InChI=1S/C30H22O6/c1-33-25-15-22(14-24-18-28(36-30(24)32)20-11-7-4-8-12-20)26(34-2)16-21(25)13-23-17-27(35-29(23)31)19-9-5-3-6-10-19/h3-18H,1-2H3. The van der Waals surface area contributed by atoms with Crippen LogP contribution in [-0.4, -0.2) is 26.2 Å². The highest BCUT2D eigenvalue weighted by Gasteiger charge is 2.24. The van der Waals surface area contributed by atoms with Crippen molar-refractivity contribution in [3.05, 3.63) is 118 Å². The predicted octanol–water partition coefficient (Wildman–Crippen LogP) is 5.67. The SMILES string of the molecule is COc1cc(C=C2C=C(c3ccccc3)OC2=O)c(OC)cc1C=C1C=C(c2ccccc2)OC1=O. The first kappa shape index (κ1) is 22.9. The molecule has 0 atom stereocenters. The highest BCUT2D eigenvalue weighted by molar-refractivity contribution is 6.06. The van der Waals surface area contributed by atoms with Gasteiger partial charge in [0.25, 0.3) is 0 Å².